The summed E-state index contributed by atoms with van der Waals surface area (Å²) in [4.78, 5) is 26.1. The molecular formula is C18H17IN4O2S. The monoisotopic (exact) mass is 480 g/mol. The third kappa shape index (κ3) is 4.76. The van der Waals surface area contributed by atoms with Crippen LogP contribution in [-0.4, -0.2) is 27.7 Å². The van der Waals surface area contributed by atoms with Crippen molar-refractivity contribution in [1.29, 1.82) is 0 Å². The van der Waals surface area contributed by atoms with Crippen LogP contribution < -0.4 is 5.32 Å². The molecule has 2 heterocycles. The van der Waals surface area contributed by atoms with Crippen molar-refractivity contribution in [3.63, 3.8) is 0 Å². The average Bonchev–Trinajstić information content (AvgIpc) is 3.04. The van der Waals surface area contributed by atoms with Gasteiger partial charge in [-0.1, -0.05) is 55.5 Å². The number of thiazole rings is 1. The predicted molar refractivity (Wildman–Crippen MR) is 111 cm³/mol. The Morgan fingerprint density at radius 3 is 2.69 bits per heavy atom. The van der Waals surface area contributed by atoms with Gasteiger partial charge >= 0.3 is 6.09 Å². The van der Waals surface area contributed by atoms with E-state index < -0.39 is 6.09 Å². The molecule has 0 fully saturated rings. The maximum atomic E-state index is 12.0. The number of aromatic nitrogens is 3. The highest BCUT2D eigenvalue weighted by molar-refractivity contribution is 14.1. The first kappa shape index (κ1) is 18.7. The number of hydrogen-bond acceptors (Lipinski definition) is 6. The van der Waals surface area contributed by atoms with E-state index in [0.717, 1.165) is 21.8 Å². The van der Waals surface area contributed by atoms with Gasteiger partial charge in [-0.3, -0.25) is 5.32 Å². The number of rotatable bonds is 5. The molecule has 1 N–H and O–H groups in total. The molecule has 0 saturated heterocycles. The molecule has 26 heavy (non-hydrogen) atoms. The third-order valence-electron chi connectivity index (χ3n) is 3.29. The fourth-order valence-corrected chi connectivity index (χ4v) is 3.53. The van der Waals surface area contributed by atoms with Crippen molar-refractivity contribution in [2.45, 2.75) is 13.8 Å². The Kier molecular flexibility index (Phi) is 6.15. The quantitative estimate of drug-likeness (QED) is 0.408. The number of carbonyl (C=O) groups is 1. The van der Waals surface area contributed by atoms with Crippen LogP contribution >= 0.6 is 33.9 Å². The average molecular weight is 480 g/mol. The number of benzene rings is 1. The van der Waals surface area contributed by atoms with Crippen LogP contribution in [0.1, 0.15) is 13.8 Å². The molecule has 0 unspecified atom stereocenters. The van der Waals surface area contributed by atoms with Crippen LogP contribution in [-0.2, 0) is 4.74 Å². The first-order valence-corrected chi connectivity index (χ1v) is 9.91. The molecule has 2 aromatic heterocycles. The fourth-order valence-electron chi connectivity index (χ4n) is 2.17. The van der Waals surface area contributed by atoms with Gasteiger partial charge in [0, 0.05) is 34.4 Å². The lowest BCUT2D eigenvalue weighted by Gasteiger charge is -2.06. The van der Waals surface area contributed by atoms with E-state index in [1.807, 2.05) is 50.2 Å². The number of hydrogen-bond donors (Lipinski definition) is 1. The van der Waals surface area contributed by atoms with Crippen LogP contribution in [0.5, 0.6) is 0 Å². The van der Waals surface area contributed by atoms with E-state index in [9.17, 15) is 4.79 Å². The van der Waals surface area contributed by atoms with Crippen molar-refractivity contribution in [1.82, 2.24) is 15.0 Å². The molecule has 0 spiro atoms. The van der Waals surface area contributed by atoms with Gasteiger partial charge < -0.3 is 4.74 Å². The summed E-state index contributed by atoms with van der Waals surface area (Å²) < 4.78 is 5.83. The summed E-state index contributed by atoms with van der Waals surface area (Å²) in [6, 6.07) is 11.6. The van der Waals surface area contributed by atoms with Gasteiger partial charge in [-0.05, 0) is 12.0 Å². The number of nitrogens with one attached hydrogen (secondary N) is 1. The van der Waals surface area contributed by atoms with Crippen LogP contribution in [0.25, 0.3) is 21.8 Å². The van der Waals surface area contributed by atoms with Gasteiger partial charge in [-0.15, -0.1) is 0 Å². The Hall–Kier alpha value is -2.07. The lowest BCUT2D eigenvalue weighted by Crippen LogP contribution is -2.16. The second-order valence-corrected chi connectivity index (χ2v) is 7.85. The molecule has 0 saturated carbocycles. The van der Waals surface area contributed by atoms with Gasteiger partial charge in [-0.25, -0.2) is 19.7 Å². The SMILES string of the molecule is CC(C)COC(=O)Nc1nc(-c2ccccc2)c(-c2ccnc(I)n2)s1. The largest absolute Gasteiger partial charge is 0.449 e. The van der Waals surface area contributed by atoms with Gasteiger partial charge in [0.2, 0.25) is 0 Å². The Labute approximate surface area is 169 Å². The Morgan fingerprint density at radius 1 is 1.23 bits per heavy atom. The minimum Gasteiger partial charge on any atom is -0.449 e. The second-order valence-electron chi connectivity index (χ2n) is 5.89. The van der Waals surface area contributed by atoms with Crippen molar-refractivity contribution in [3.05, 3.63) is 46.4 Å². The molecule has 0 aliphatic rings. The van der Waals surface area contributed by atoms with Gasteiger partial charge in [0.05, 0.1) is 22.9 Å². The highest BCUT2D eigenvalue weighted by Gasteiger charge is 2.18. The maximum Gasteiger partial charge on any atom is 0.413 e. The van der Waals surface area contributed by atoms with Gasteiger partial charge in [0.25, 0.3) is 0 Å². The van der Waals surface area contributed by atoms with Crippen LogP contribution in [0.3, 0.4) is 0 Å². The molecule has 8 heteroatoms. The minimum absolute atomic E-state index is 0.274. The Bertz CT molecular complexity index is 899. The van der Waals surface area contributed by atoms with Crippen LogP contribution in [0.15, 0.2) is 42.6 Å². The van der Waals surface area contributed by atoms with Crippen molar-refractivity contribution in [2.24, 2.45) is 5.92 Å². The van der Waals surface area contributed by atoms with Crippen LogP contribution in [0, 0.1) is 9.75 Å². The van der Waals surface area contributed by atoms with E-state index in [2.05, 4.69) is 42.9 Å². The first-order chi connectivity index (χ1) is 12.5. The van der Waals surface area contributed by atoms with Crippen molar-refractivity contribution in [3.8, 4) is 21.8 Å². The van der Waals surface area contributed by atoms with Crippen LogP contribution in [0.2, 0.25) is 0 Å². The summed E-state index contributed by atoms with van der Waals surface area (Å²) >= 11 is 3.44. The summed E-state index contributed by atoms with van der Waals surface area (Å²) in [6.07, 6.45) is 1.21. The number of carbonyl (C=O) groups excluding carboxylic acids is 1. The van der Waals surface area contributed by atoms with Crippen molar-refractivity contribution in [2.75, 3.05) is 11.9 Å². The topological polar surface area (TPSA) is 77.0 Å². The Morgan fingerprint density at radius 2 is 2.00 bits per heavy atom. The minimum atomic E-state index is -0.504. The molecule has 3 aromatic rings. The van der Waals surface area contributed by atoms with E-state index in [-0.39, 0.29) is 5.92 Å². The maximum absolute atomic E-state index is 12.0. The number of amides is 1. The highest BCUT2D eigenvalue weighted by Crippen LogP contribution is 2.38. The normalized spacial score (nSPS) is 10.8. The molecule has 1 aromatic carbocycles. The molecule has 134 valence electrons. The molecule has 0 radical (unpaired) electrons. The second kappa shape index (κ2) is 8.54. The lowest BCUT2D eigenvalue weighted by atomic mass is 10.1. The standard InChI is InChI=1S/C18H17IN4O2S/c1-11(2)10-25-18(24)23-17-22-14(12-6-4-3-5-7-12)15(26-17)13-8-9-20-16(19)21-13/h3-9,11H,10H2,1-2H3,(H,22,23,24). The van der Waals surface area contributed by atoms with Crippen molar-refractivity contribution < 1.29 is 9.53 Å². The zero-order valence-corrected chi connectivity index (χ0v) is 17.2. The molecule has 6 nitrogen and oxygen atoms in total. The van der Waals surface area contributed by atoms with E-state index >= 15 is 0 Å². The van der Waals surface area contributed by atoms with Gasteiger partial charge in [0.1, 0.15) is 0 Å². The van der Waals surface area contributed by atoms with E-state index in [1.54, 1.807) is 6.20 Å². The summed E-state index contributed by atoms with van der Waals surface area (Å²) in [6.45, 7) is 4.33. The zero-order chi connectivity index (χ0) is 18.5. The Balaban J connectivity index is 1.94. The fraction of sp³-hybridized carbons (Fsp3) is 0.222. The zero-order valence-electron chi connectivity index (χ0n) is 14.3. The lowest BCUT2D eigenvalue weighted by molar-refractivity contribution is 0.147. The summed E-state index contributed by atoms with van der Waals surface area (Å²) in [7, 11) is 0. The number of ether oxygens (including phenoxy) is 1. The highest BCUT2D eigenvalue weighted by atomic mass is 127. The third-order valence-corrected chi connectivity index (χ3v) is 4.80. The molecule has 3 rings (SSSR count). The molecule has 0 aliphatic carbocycles. The van der Waals surface area contributed by atoms with Gasteiger partial charge in [0.15, 0.2) is 8.96 Å². The molecule has 0 atom stereocenters. The van der Waals surface area contributed by atoms with Crippen LogP contribution in [0.4, 0.5) is 9.93 Å². The summed E-state index contributed by atoms with van der Waals surface area (Å²) in [5.74, 6) is 0.274. The first-order valence-electron chi connectivity index (χ1n) is 8.02. The molecular weight excluding hydrogens is 463 g/mol. The summed E-state index contributed by atoms with van der Waals surface area (Å²) in [5.41, 5.74) is 2.49. The van der Waals surface area contributed by atoms with Gasteiger partial charge in [-0.2, -0.15) is 0 Å². The van der Waals surface area contributed by atoms with E-state index in [1.165, 1.54) is 11.3 Å². The summed E-state index contributed by atoms with van der Waals surface area (Å²) in [5, 5.41) is 3.19. The number of halogens is 1. The predicted octanol–water partition coefficient (Wildman–Crippen LogP) is 5.08. The molecule has 0 bridgehead atoms. The van der Waals surface area contributed by atoms with Crippen molar-refractivity contribution >= 4 is 45.2 Å². The molecule has 0 aliphatic heterocycles. The number of nitrogens with zero attached hydrogens (tertiary/aromatic N) is 3. The van der Waals surface area contributed by atoms with E-state index in [0.29, 0.717) is 15.6 Å². The van der Waals surface area contributed by atoms with E-state index in [4.69, 9.17) is 4.74 Å². The molecule has 1 amide bonds. The smallest absolute Gasteiger partial charge is 0.413 e. The number of anilines is 1.